The number of carbonyl (C=O) groups excluding carboxylic acids is 1. The highest BCUT2D eigenvalue weighted by molar-refractivity contribution is 7.99. The molecule has 0 spiro atoms. The average molecular weight is 470 g/mol. The summed E-state index contributed by atoms with van der Waals surface area (Å²) in [6.45, 7) is 0. The fourth-order valence-electron chi connectivity index (χ4n) is 3.06. The minimum Gasteiger partial charge on any atom is -0.344 e. The van der Waals surface area contributed by atoms with Crippen molar-refractivity contribution in [2.45, 2.75) is 17.6 Å². The van der Waals surface area contributed by atoms with E-state index >= 15 is 0 Å². The van der Waals surface area contributed by atoms with Crippen LogP contribution in [0.4, 0.5) is 0 Å². The number of carbonyl (C=O) groups is 1. The molecular weight excluding hydrogens is 450 g/mol. The lowest BCUT2D eigenvalue weighted by atomic mass is 10.1. The zero-order valence-electron chi connectivity index (χ0n) is 16.4. The van der Waals surface area contributed by atoms with E-state index in [0.717, 1.165) is 16.0 Å². The van der Waals surface area contributed by atoms with Crippen molar-refractivity contribution < 1.29 is 4.79 Å². The maximum Gasteiger partial charge on any atom is 0.221 e. The fourth-order valence-corrected chi connectivity index (χ4v) is 4.78. The number of nitrogens with two attached hydrogens (primary N) is 1. The Morgan fingerprint density at radius 2 is 1.87 bits per heavy atom. The molecule has 0 radical (unpaired) electrons. The molecule has 0 saturated heterocycles. The van der Waals surface area contributed by atoms with Crippen LogP contribution in [-0.4, -0.2) is 26.5 Å². The minimum absolute atomic E-state index is 0.0317. The SMILES string of the molecule is Nn1c(SCCC(=O)NC(c2ccccc2)c2cccs2)nnc1-c1ccc(Cl)cc1. The quantitative estimate of drug-likeness (QED) is 0.287. The molecule has 2 aromatic heterocycles. The van der Waals surface area contributed by atoms with Crippen LogP contribution in [-0.2, 0) is 4.79 Å². The summed E-state index contributed by atoms with van der Waals surface area (Å²) in [5, 5.41) is 14.7. The molecule has 9 heteroatoms. The van der Waals surface area contributed by atoms with E-state index in [9.17, 15) is 4.79 Å². The Hall–Kier alpha value is -2.81. The lowest BCUT2D eigenvalue weighted by Crippen LogP contribution is -2.29. The van der Waals surface area contributed by atoms with Gasteiger partial charge in [0.1, 0.15) is 0 Å². The summed E-state index contributed by atoms with van der Waals surface area (Å²) < 4.78 is 1.43. The topological polar surface area (TPSA) is 85.8 Å². The predicted molar refractivity (Wildman–Crippen MR) is 127 cm³/mol. The third-order valence-electron chi connectivity index (χ3n) is 4.59. The van der Waals surface area contributed by atoms with Crippen LogP contribution in [0.15, 0.2) is 77.3 Å². The van der Waals surface area contributed by atoms with E-state index in [1.807, 2.05) is 60.0 Å². The number of aromatic nitrogens is 3. The van der Waals surface area contributed by atoms with Gasteiger partial charge in [-0.15, -0.1) is 21.5 Å². The molecule has 0 aliphatic heterocycles. The van der Waals surface area contributed by atoms with Crippen LogP contribution >= 0.6 is 34.7 Å². The first kappa shape index (κ1) is 21.4. The second-order valence-electron chi connectivity index (χ2n) is 6.71. The minimum atomic E-state index is -0.159. The summed E-state index contributed by atoms with van der Waals surface area (Å²) in [6, 6.07) is 21.1. The standard InChI is InChI=1S/C22H20ClN5OS2/c23-17-10-8-16(9-11-17)21-26-27-22(28(21)24)31-14-12-19(29)25-20(18-7-4-13-30-18)15-5-2-1-3-6-15/h1-11,13,20H,12,14,24H2,(H,25,29). The number of benzene rings is 2. The van der Waals surface area contributed by atoms with Crippen LogP contribution in [0, 0.1) is 0 Å². The Balaban J connectivity index is 1.36. The largest absolute Gasteiger partial charge is 0.344 e. The lowest BCUT2D eigenvalue weighted by Gasteiger charge is -2.18. The van der Waals surface area contributed by atoms with Crippen molar-refractivity contribution in [2.75, 3.05) is 11.6 Å². The summed E-state index contributed by atoms with van der Waals surface area (Å²) >= 11 is 8.95. The Morgan fingerprint density at radius 1 is 1.10 bits per heavy atom. The third-order valence-corrected chi connectivity index (χ3v) is 6.73. The fraction of sp³-hybridized carbons (Fsp3) is 0.136. The second-order valence-corrected chi connectivity index (χ2v) is 9.19. The van der Waals surface area contributed by atoms with E-state index in [0.29, 0.717) is 28.2 Å². The molecule has 0 aliphatic rings. The maximum absolute atomic E-state index is 12.6. The van der Waals surface area contributed by atoms with Gasteiger partial charge in [-0.2, -0.15) is 0 Å². The third kappa shape index (κ3) is 5.28. The van der Waals surface area contributed by atoms with Gasteiger partial charge < -0.3 is 11.2 Å². The molecule has 3 N–H and O–H groups in total. The normalized spacial score (nSPS) is 11.9. The van der Waals surface area contributed by atoms with Gasteiger partial charge >= 0.3 is 0 Å². The predicted octanol–water partition coefficient (Wildman–Crippen LogP) is 4.76. The zero-order valence-corrected chi connectivity index (χ0v) is 18.8. The van der Waals surface area contributed by atoms with Crippen LogP contribution < -0.4 is 11.2 Å². The first-order valence-electron chi connectivity index (χ1n) is 9.59. The number of hydrogen-bond donors (Lipinski definition) is 2. The Labute approximate surface area is 193 Å². The number of nitrogens with one attached hydrogen (secondary N) is 1. The zero-order chi connectivity index (χ0) is 21.6. The number of amides is 1. The summed E-state index contributed by atoms with van der Waals surface area (Å²) in [5.74, 6) is 7.20. The van der Waals surface area contributed by atoms with Crippen molar-refractivity contribution in [2.24, 2.45) is 0 Å². The first-order valence-corrected chi connectivity index (χ1v) is 11.8. The summed E-state index contributed by atoms with van der Waals surface area (Å²) in [5.41, 5.74) is 1.88. The van der Waals surface area contributed by atoms with Crippen molar-refractivity contribution >= 4 is 40.6 Å². The average Bonchev–Trinajstić information content (AvgIpc) is 3.44. The van der Waals surface area contributed by atoms with Gasteiger partial charge in [0, 0.05) is 27.6 Å². The molecule has 158 valence electrons. The molecule has 4 rings (SSSR count). The second kappa shape index (κ2) is 10.00. The monoisotopic (exact) mass is 469 g/mol. The van der Waals surface area contributed by atoms with Gasteiger partial charge in [0.25, 0.3) is 0 Å². The maximum atomic E-state index is 12.6. The van der Waals surface area contributed by atoms with Crippen LogP contribution in [0.1, 0.15) is 22.9 Å². The summed E-state index contributed by atoms with van der Waals surface area (Å²) in [7, 11) is 0. The van der Waals surface area contributed by atoms with Crippen LogP contribution in [0.5, 0.6) is 0 Å². The van der Waals surface area contributed by atoms with Gasteiger partial charge in [-0.3, -0.25) is 4.79 Å². The Kier molecular flexibility index (Phi) is 6.91. The number of hydrogen-bond acceptors (Lipinski definition) is 6. The molecule has 6 nitrogen and oxygen atoms in total. The van der Waals surface area contributed by atoms with E-state index < -0.39 is 0 Å². The number of thioether (sulfide) groups is 1. The molecule has 1 atom stereocenters. The van der Waals surface area contributed by atoms with Crippen molar-refractivity contribution in [3.8, 4) is 11.4 Å². The molecule has 0 saturated carbocycles. The number of nitrogen functional groups attached to an aromatic ring is 1. The highest BCUT2D eigenvalue weighted by atomic mass is 35.5. The number of thiophene rings is 1. The van der Waals surface area contributed by atoms with Gasteiger partial charge in [0.15, 0.2) is 5.82 Å². The molecular formula is C22H20ClN5OS2. The highest BCUT2D eigenvalue weighted by Gasteiger charge is 2.18. The number of rotatable bonds is 8. The molecule has 2 heterocycles. The Bertz CT molecular complexity index is 1130. The molecule has 0 aliphatic carbocycles. The molecule has 1 amide bonds. The number of halogens is 1. The molecule has 1 unspecified atom stereocenters. The molecule has 2 aromatic carbocycles. The van der Waals surface area contributed by atoms with Crippen molar-refractivity contribution in [1.82, 2.24) is 20.2 Å². The van der Waals surface area contributed by atoms with Crippen molar-refractivity contribution in [1.29, 1.82) is 0 Å². The van der Waals surface area contributed by atoms with Gasteiger partial charge in [0.05, 0.1) is 6.04 Å². The van der Waals surface area contributed by atoms with Gasteiger partial charge in [-0.25, -0.2) is 4.68 Å². The molecule has 31 heavy (non-hydrogen) atoms. The summed E-state index contributed by atoms with van der Waals surface area (Å²) in [4.78, 5) is 13.7. The van der Waals surface area contributed by atoms with Crippen LogP contribution in [0.25, 0.3) is 11.4 Å². The highest BCUT2D eigenvalue weighted by Crippen LogP contribution is 2.27. The van der Waals surface area contributed by atoms with E-state index in [-0.39, 0.29) is 11.9 Å². The lowest BCUT2D eigenvalue weighted by molar-refractivity contribution is -0.121. The van der Waals surface area contributed by atoms with E-state index in [1.54, 1.807) is 23.5 Å². The van der Waals surface area contributed by atoms with E-state index in [1.165, 1.54) is 16.4 Å². The summed E-state index contributed by atoms with van der Waals surface area (Å²) in [6.07, 6.45) is 0.336. The van der Waals surface area contributed by atoms with E-state index in [4.69, 9.17) is 17.4 Å². The first-order chi connectivity index (χ1) is 15.1. The van der Waals surface area contributed by atoms with Gasteiger partial charge in [-0.1, -0.05) is 59.8 Å². The van der Waals surface area contributed by atoms with Gasteiger partial charge in [0.2, 0.25) is 11.1 Å². The van der Waals surface area contributed by atoms with Gasteiger partial charge in [-0.05, 0) is 41.3 Å². The van der Waals surface area contributed by atoms with Crippen LogP contribution in [0.3, 0.4) is 0 Å². The molecule has 4 aromatic rings. The van der Waals surface area contributed by atoms with Crippen LogP contribution in [0.2, 0.25) is 5.02 Å². The van der Waals surface area contributed by atoms with Crippen molar-refractivity contribution in [3.63, 3.8) is 0 Å². The number of nitrogens with zero attached hydrogens (tertiary/aromatic N) is 3. The molecule has 0 bridgehead atoms. The van der Waals surface area contributed by atoms with Crippen molar-refractivity contribution in [3.05, 3.63) is 87.6 Å². The molecule has 0 fully saturated rings. The Morgan fingerprint density at radius 3 is 2.58 bits per heavy atom. The smallest absolute Gasteiger partial charge is 0.221 e. The van der Waals surface area contributed by atoms with E-state index in [2.05, 4.69) is 15.5 Å².